The molecular weight excluding hydrogens is 637 g/mol. The lowest BCUT2D eigenvalue weighted by Gasteiger charge is -2.16. The molecule has 2 aromatic heterocycles. The number of allylic oxidation sites excluding steroid dienone is 5. The Balaban J connectivity index is 1.34. The molecule has 0 bridgehead atoms. The Hall–Kier alpha value is -6.74. The molecule has 0 saturated heterocycles. The van der Waals surface area contributed by atoms with Gasteiger partial charge in [-0.1, -0.05) is 72.8 Å². The minimum absolute atomic E-state index is 0.228. The molecule has 6 aromatic rings. The quantitative estimate of drug-likeness (QED) is 0.141. The topological polar surface area (TPSA) is 93.5 Å². The molecule has 1 aliphatic heterocycles. The Bertz CT molecular complexity index is 2100. The van der Waals surface area contributed by atoms with Gasteiger partial charge < -0.3 is 23.4 Å². The number of hydrogen-bond acceptors (Lipinski definition) is 9. The first-order chi connectivity index (χ1) is 24.9. The van der Waals surface area contributed by atoms with Crippen LogP contribution in [0.15, 0.2) is 159 Å². The fraction of sp³-hybridized carbons (Fsp3) is 0.0952. The van der Waals surface area contributed by atoms with Gasteiger partial charge in [0.1, 0.15) is 17.1 Å². The van der Waals surface area contributed by atoms with Crippen LogP contribution >= 0.6 is 0 Å². The van der Waals surface area contributed by atoms with Crippen LogP contribution in [-0.4, -0.2) is 48.6 Å². The van der Waals surface area contributed by atoms with Gasteiger partial charge in [0, 0.05) is 56.3 Å². The van der Waals surface area contributed by atoms with E-state index in [1.165, 1.54) is 0 Å². The number of hydrogen-bond donors (Lipinski definition) is 0. The van der Waals surface area contributed by atoms with Crippen molar-refractivity contribution in [1.82, 2.24) is 20.4 Å². The van der Waals surface area contributed by atoms with Gasteiger partial charge in [0.25, 0.3) is 11.8 Å². The minimum Gasteiger partial charge on any atom is -0.457 e. The van der Waals surface area contributed by atoms with Crippen molar-refractivity contribution < 1.29 is 13.6 Å². The lowest BCUT2D eigenvalue weighted by atomic mass is 10.0. The molecule has 0 spiro atoms. The highest BCUT2D eigenvalue weighted by Gasteiger charge is 2.25. The molecule has 0 aliphatic carbocycles. The molecule has 4 aromatic carbocycles. The summed E-state index contributed by atoms with van der Waals surface area (Å²) in [5, 5.41) is 17.7. The smallest absolute Gasteiger partial charge is 0.254 e. The molecule has 7 rings (SSSR count). The Morgan fingerprint density at radius 1 is 0.490 bits per heavy atom. The normalized spacial score (nSPS) is 12.9. The van der Waals surface area contributed by atoms with Crippen molar-refractivity contribution in [2.45, 2.75) is 0 Å². The van der Waals surface area contributed by atoms with Gasteiger partial charge in [0.2, 0.25) is 11.8 Å². The molecule has 0 saturated carbocycles. The van der Waals surface area contributed by atoms with Crippen molar-refractivity contribution in [3.63, 3.8) is 0 Å². The zero-order chi connectivity index (χ0) is 35.2. The maximum absolute atomic E-state index is 6.42. The fourth-order valence-electron chi connectivity index (χ4n) is 5.36. The SMILES string of the molecule is CN(C)c1ccc(C=CC2=CC(=C(c3nnc(-c4ccccc4)o3)c3nnc(-c4ccccc4)o3)C=C(C=Cc3ccc(N(C)C)cc3)O2)cc1. The van der Waals surface area contributed by atoms with Gasteiger partial charge in [0.05, 0.1) is 0 Å². The number of rotatable bonds is 10. The van der Waals surface area contributed by atoms with E-state index in [4.69, 9.17) is 13.6 Å². The maximum Gasteiger partial charge on any atom is 0.254 e. The summed E-state index contributed by atoms with van der Waals surface area (Å²) in [6, 6.07) is 35.8. The summed E-state index contributed by atoms with van der Waals surface area (Å²) in [5.74, 6) is 2.38. The average molecular weight is 673 g/mol. The van der Waals surface area contributed by atoms with Crippen LogP contribution < -0.4 is 9.80 Å². The van der Waals surface area contributed by atoms with E-state index in [-0.39, 0.29) is 11.8 Å². The first-order valence-corrected chi connectivity index (χ1v) is 16.4. The molecule has 0 atom stereocenters. The van der Waals surface area contributed by atoms with E-state index in [2.05, 4.69) is 78.7 Å². The van der Waals surface area contributed by atoms with Gasteiger partial charge in [-0.05, 0) is 84.0 Å². The second kappa shape index (κ2) is 14.8. The molecular formula is C42H36N6O3. The van der Waals surface area contributed by atoms with Gasteiger partial charge >= 0.3 is 0 Å². The second-order valence-corrected chi connectivity index (χ2v) is 12.2. The molecule has 252 valence electrons. The number of anilines is 2. The van der Waals surface area contributed by atoms with Crippen LogP contribution in [0.25, 0.3) is 40.6 Å². The van der Waals surface area contributed by atoms with Crippen molar-refractivity contribution in [3.05, 3.63) is 173 Å². The number of nitrogens with zero attached hydrogens (tertiary/aromatic N) is 6. The molecule has 9 heteroatoms. The van der Waals surface area contributed by atoms with Gasteiger partial charge in [-0.25, -0.2) is 0 Å². The van der Waals surface area contributed by atoms with Gasteiger partial charge in [-0.2, -0.15) is 0 Å². The van der Waals surface area contributed by atoms with Gasteiger partial charge in [-0.15, -0.1) is 20.4 Å². The van der Waals surface area contributed by atoms with E-state index in [9.17, 15) is 0 Å². The third kappa shape index (κ3) is 7.79. The first-order valence-electron chi connectivity index (χ1n) is 16.4. The highest BCUT2D eigenvalue weighted by molar-refractivity contribution is 5.79. The minimum atomic E-state index is 0.228. The third-order valence-electron chi connectivity index (χ3n) is 8.14. The van der Waals surface area contributed by atoms with Crippen molar-refractivity contribution >= 4 is 29.1 Å². The summed E-state index contributed by atoms with van der Waals surface area (Å²) in [6.45, 7) is 0. The van der Waals surface area contributed by atoms with Crippen LogP contribution in [0.4, 0.5) is 11.4 Å². The predicted molar refractivity (Wildman–Crippen MR) is 202 cm³/mol. The highest BCUT2D eigenvalue weighted by atomic mass is 16.5. The van der Waals surface area contributed by atoms with Crippen molar-refractivity contribution in [1.29, 1.82) is 0 Å². The van der Waals surface area contributed by atoms with Crippen molar-refractivity contribution in [3.8, 4) is 22.9 Å². The standard InChI is InChI=1S/C42H36N6O3/c1-47(2)34-21-15-29(16-22-34)19-25-36-27-33(28-37(49-36)26-20-30-17-23-35(24-18-30)48(3)4)38(41-45-43-39(50-41)31-11-7-5-8-12-31)42-46-44-40(51-42)32-13-9-6-10-14-32/h5-28H,1-4H3. The summed E-state index contributed by atoms with van der Waals surface area (Å²) < 4.78 is 19.0. The molecule has 9 nitrogen and oxygen atoms in total. The zero-order valence-electron chi connectivity index (χ0n) is 28.8. The predicted octanol–water partition coefficient (Wildman–Crippen LogP) is 8.95. The Morgan fingerprint density at radius 2 is 0.902 bits per heavy atom. The summed E-state index contributed by atoms with van der Waals surface area (Å²) in [5.41, 5.74) is 7.04. The molecule has 0 N–H and O–H groups in total. The maximum atomic E-state index is 6.42. The number of ether oxygens (including phenoxy) is 1. The monoisotopic (exact) mass is 672 g/mol. The lowest BCUT2D eigenvalue weighted by Crippen LogP contribution is -2.07. The lowest BCUT2D eigenvalue weighted by molar-refractivity contribution is 0.332. The zero-order valence-corrected chi connectivity index (χ0v) is 28.8. The molecule has 3 heterocycles. The van der Waals surface area contributed by atoms with Crippen LogP contribution in [0.3, 0.4) is 0 Å². The average Bonchev–Trinajstić information content (AvgIpc) is 3.86. The molecule has 1 aliphatic rings. The van der Waals surface area contributed by atoms with E-state index < -0.39 is 0 Å². The molecule has 0 amide bonds. The molecule has 0 fully saturated rings. The van der Waals surface area contributed by atoms with Gasteiger partial charge in [0.15, 0.2) is 0 Å². The van der Waals surface area contributed by atoms with Crippen LogP contribution in [-0.2, 0) is 4.74 Å². The van der Waals surface area contributed by atoms with Gasteiger partial charge in [-0.3, -0.25) is 0 Å². The van der Waals surface area contributed by atoms with Crippen LogP contribution in [0.2, 0.25) is 0 Å². The molecule has 0 unspecified atom stereocenters. The van der Waals surface area contributed by atoms with Crippen LogP contribution in [0.5, 0.6) is 0 Å². The summed E-state index contributed by atoms with van der Waals surface area (Å²) >= 11 is 0. The highest BCUT2D eigenvalue weighted by Crippen LogP contribution is 2.34. The van der Waals surface area contributed by atoms with E-state index in [0.717, 1.165) is 33.6 Å². The van der Waals surface area contributed by atoms with E-state index in [1.54, 1.807) is 0 Å². The molecule has 0 radical (unpaired) electrons. The van der Waals surface area contributed by atoms with Crippen molar-refractivity contribution in [2.24, 2.45) is 0 Å². The Morgan fingerprint density at radius 3 is 1.29 bits per heavy atom. The van der Waals surface area contributed by atoms with E-state index in [1.807, 2.05) is 125 Å². The fourth-order valence-corrected chi connectivity index (χ4v) is 5.36. The largest absolute Gasteiger partial charge is 0.457 e. The second-order valence-electron chi connectivity index (χ2n) is 12.2. The van der Waals surface area contributed by atoms with Crippen LogP contribution in [0, 0.1) is 0 Å². The number of benzene rings is 4. The Kier molecular flexibility index (Phi) is 9.51. The summed E-state index contributed by atoms with van der Waals surface area (Å²) in [4.78, 5) is 4.13. The Labute approximate surface area is 296 Å². The summed E-state index contributed by atoms with van der Waals surface area (Å²) in [7, 11) is 8.08. The van der Waals surface area contributed by atoms with E-state index >= 15 is 0 Å². The number of aromatic nitrogens is 4. The summed E-state index contributed by atoms with van der Waals surface area (Å²) in [6.07, 6.45) is 11.7. The van der Waals surface area contributed by atoms with Crippen molar-refractivity contribution in [2.75, 3.05) is 38.0 Å². The van der Waals surface area contributed by atoms with Crippen LogP contribution in [0.1, 0.15) is 22.9 Å². The van der Waals surface area contributed by atoms with E-state index in [0.29, 0.717) is 34.4 Å². The third-order valence-corrected chi connectivity index (χ3v) is 8.14. The molecule has 51 heavy (non-hydrogen) atoms. The first kappa shape index (κ1) is 32.8.